The van der Waals surface area contributed by atoms with Gasteiger partial charge in [0.15, 0.2) is 0 Å². The van der Waals surface area contributed by atoms with E-state index in [-0.39, 0.29) is 26.1 Å². The van der Waals surface area contributed by atoms with Crippen molar-refractivity contribution in [1.82, 2.24) is 0 Å². The average molecular weight is 304 g/mol. The van der Waals surface area contributed by atoms with E-state index in [1.165, 1.54) is 0 Å². The van der Waals surface area contributed by atoms with Crippen molar-refractivity contribution in [2.24, 2.45) is 0 Å². The fraction of sp³-hybridized carbons (Fsp3) is 0.800. The molecule has 0 aromatic heterocycles. The van der Waals surface area contributed by atoms with Crippen LogP contribution in [0.1, 0.15) is 12.8 Å². The van der Waals surface area contributed by atoms with E-state index in [1.54, 1.807) is 0 Å². The van der Waals surface area contributed by atoms with Gasteiger partial charge in [-0.1, -0.05) is 0 Å². The van der Waals surface area contributed by atoms with Gasteiger partial charge in [0.1, 0.15) is 25.2 Å². The number of hydrogen-bond donors (Lipinski definition) is 0. The average Bonchev–Trinajstić information content (AvgIpc) is 2.31. The van der Waals surface area contributed by atoms with Gasteiger partial charge in [0.25, 0.3) is 0 Å². The molecule has 0 radical (unpaired) electrons. The standard InChI is InChI=1S/C10H14F4O6/c11-9(12,7(15)16)5-19-3-1-2-4-20-6-10(13,14)8(17)18/h1-6H2,(H,15,16)(H,17,18)/p-2. The second kappa shape index (κ2) is 8.00. The maximum Gasteiger partial charge on any atom is 0.309 e. The molecule has 0 unspecified atom stereocenters. The fourth-order valence-electron chi connectivity index (χ4n) is 0.927. The number of carbonyl (C=O) groups is 2. The van der Waals surface area contributed by atoms with Crippen LogP contribution >= 0.6 is 0 Å². The first kappa shape index (κ1) is 18.6. The zero-order chi connectivity index (χ0) is 15.8. The predicted molar refractivity (Wildman–Crippen MR) is 50.8 cm³/mol. The topological polar surface area (TPSA) is 98.7 Å². The summed E-state index contributed by atoms with van der Waals surface area (Å²) < 4.78 is 58.4. The molecule has 0 amide bonds. The summed E-state index contributed by atoms with van der Waals surface area (Å²) >= 11 is 0. The Morgan fingerprint density at radius 1 is 0.800 bits per heavy atom. The highest BCUT2D eigenvalue weighted by molar-refractivity contribution is 5.73. The highest BCUT2D eigenvalue weighted by atomic mass is 19.3. The summed E-state index contributed by atoms with van der Waals surface area (Å²) in [4.78, 5) is 19.8. The molecule has 20 heavy (non-hydrogen) atoms. The Labute approximate surface area is 111 Å². The number of carbonyl (C=O) groups excluding carboxylic acids is 2. The van der Waals surface area contributed by atoms with Crippen LogP contribution in [0.4, 0.5) is 17.6 Å². The Balaban J connectivity index is 3.56. The lowest BCUT2D eigenvalue weighted by atomic mass is 10.3. The second-order valence-corrected chi connectivity index (χ2v) is 3.80. The Morgan fingerprint density at radius 3 is 1.35 bits per heavy atom. The van der Waals surface area contributed by atoms with E-state index in [2.05, 4.69) is 9.47 Å². The third-order valence-corrected chi connectivity index (χ3v) is 1.99. The van der Waals surface area contributed by atoms with Gasteiger partial charge in [-0.15, -0.1) is 0 Å². The molecule has 118 valence electrons. The number of carboxylic acids is 2. The zero-order valence-corrected chi connectivity index (χ0v) is 10.2. The van der Waals surface area contributed by atoms with Gasteiger partial charge >= 0.3 is 11.8 Å². The van der Waals surface area contributed by atoms with Crippen molar-refractivity contribution in [2.45, 2.75) is 24.7 Å². The Hall–Kier alpha value is -1.42. The lowest BCUT2D eigenvalue weighted by molar-refractivity contribution is -0.333. The molecule has 0 aromatic rings. The maximum absolute atomic E-state index is 12.4. The molecule has 0 saturated carbocycles. The molecular formula is C10H12F4O6-2. The van der Waals surface area contributed by atoms with E-state index >= 15 is 0 Å². The lowest BCUT2D eigenvalue weighted by Gasteiger charge is -2.17. The summed E-state index contributed by atoms with van der Waals surface area (Å²) in [6, 6.07) is 0. The van der Waals surface area contributed by atoms with Crippen LogP contribution in [0, 0.1) is 0 Å². The zero-order valence-electron chi connectivity index (χ0n) is 10.2. The first-order chi connectivity index (χ1) is 9.09. The molecule has 10 heteroatoms. The SMILES string of the molecule is O=C([O-])C(F)(F)COCCCCOCC(F)(F)C(=O)[O-]. The minimum atomic E-state index is -4.09. The van der Waals surface area contributed by atoms with Crippen LogP contribution in [-0.4, -0.2) is 50.2 Å². The van der Waals surface area contributed by atoms with Crippen molar-refractivity contribution in [1.29, 1.82) is 0 Å². The Kier molecular flexibility index (Phi) is 7.43. The molecule has 0 aliphatic carbocycles. The molecule has 0 fully saturated rings. The van der Waals surface area contributed by atoms with E-state index < -0.39 is 37.0 Å². The van der Waals surface area contributed by atoms with Gasteiger partial charge in [-0.05, 0) is 12.8 Å². The van der Waals surface area contributed by atoms with Crippen molar-refractivity contribution < 1.29 is 46.8 Å². The van der Waals surface area contributed by atoms with Crippen LogP contribution in [0.2, 0.25) is 0 Å². The molecule has 0 bridgehead atoms. The summed E-state index contributed by atoms with van der Waals surface area (Å²) in [5, 5.41) is 19.8. The van der Waals surface area contributed by atoms with Gasteiger partial charge in [0.05, 0.1) is 0 Å². The first-order valence-corrected chi connectivity index (χ1v) is 5.43. The minimum Gasteiger partial charge on any atom is -0.544 e. The summed E-state index contributed by atoms with van der Waals surface area (Å²) in [5.41, 5.74) is 0. The van der Waals surface area contributed by atoms with E-state index in [1.807, 2.05) is 0 Å². The third-order valence-electron chi connectivity index (χ3n) is 1.99. The van der Waals surface area contributed by atoms with Gasteiger partial charge < -0.3 is 29.3 Å². The summed E-state index contributed by atoms with van der Waals surface area (Å²) in [7, 11) is 0. The number of aliphatic carboxylic acids is 2. The molecule has 0 rings (SSSR count). The lowest BCUT2D eigenvalue weighted by Crippen LogP contribution is -2.45. The van der Waals surface area contributed by atoms with Gasteiger partial charge in [0, 0.05) is 13.2 Å². The van der Waals surface area contributed by atoms with E-state index in [4.69, 9.17) is 0 Å². The molecule has 0 heterocycles. The van der Waals surface area contributed by atoms with Crippen molar-refractivity contribution in [3.8, 4) is 0 Å². The number of carboxylic acid groups (broad SMARTS) is 2. The predicted octanol–water partition coefficient (Wildman–Crippen LogP) is -1.43. The summed E-state index contributed by atoms with van der Waals surface area (Å²) in [6.07, 6.45) is 0.278. The van der Waals surface area contributed by atoms with Crippen LogP contribution < -0.4 is 10.2 Å². The number of hydrogen-bond acceptors (Lipinski definition) is 6. The number of halogens is 4. The molecule has 6 nitrogen and oxygen atoms in total. The third kappa shape index (κ3) is 7.24. The van der Waals surface area contributed by atoms with Crippen molar-refractivity contribution in [3.63, 3.8) is 0 Å². The molecular weight excluding hydrogens is 292 g/mol. The molecule has 0 spiro atoms. The molecule has 0 saturated heterocycles. The maximum atomic E-state index is 12.4. The van der Waals surface area contributed by atoms with Crippen LogP contribution in [0.15, 0.2) is 0 Å². The van der Waals surface area contributed by atoms with Gasteiger partial charge in [-0.3, -0.25) is 0 Å². The van der Waals surface area contributed by atoms with Crippen molar-refractivity contribution in [2.75, 3.05) is 26.4 Å². The monoisotopic (exact) mass is 304 g/mol. The van der Waals surface area contributed by atoms with E-state index in [0.717, 1.165) is 0 Å². The van der Waals surface area contributed by atoms with E-state index in [9.17, 15) is 37.4 Å². The largest absolute Gasteiger partial charge is 0.544 e. The van der Waals surface area contributed by atoms with Crippen molar-refractivity contribution in [3.05, 3.63) is 0 Å². The number of alkyl halides is 4. The number of unbranched alkanes of at least 4 members (excludes halogenated alkanes) is 1. The molecule has 0 aliphatic heterocycles. The summed E-state index contributed by atoms with van der Waals surface area (Å²) in [6.45, 7) is -3.16. The smallest absolute Gasteiger partial charge is 0.309 e. The fourth-order valence-corrected chi connectivity index (χ4v) is 0.927. The highest BCUT2D eigenvalue weighted by Crippen LogP contribution is 2.13. The van der Waals surface area contributed by atoms with Gasteiger partial charge in [-0.2, -0.15) is 17.6 Å². The highest BCUT2D eigenvalue weighted by Gasteiger charge is 2.31. The quantitative estimate of drug-likeness (QED) is 0.343. The van der Waals surface area contributed by atoms with Crippen LogP contribution in [0.25, 0.3) is 0 Å². The Bertz CT molecular complexity index is 302. The molecule has 0 aromatic carbocycles. The molecule has 0 N–H and O–H groups in total. The minimum absolute atomic E-state index is 0.139. The van der Waals surface area contributed by atoms with Crippen LogP contribution in [-0.2, 0) is 19.1 Å². The second-order valence-electron chi connectivity index (χ2n) is 3.80. The number of rotatable bonds is 11. The molecule has 0 atom stereocenters. The molecule has 0 aliphatic rings. The van der Waals surface area contributed by atoms with Crippen LogP contribution in [0.3, 0.4) is 0 Å². The Morgan fingerprint density at radius 2 is 1.10 bits per heavy atom. The van der Waals surface area contributed by atoms with Gasteiger partial charge in [0.2, 0.25) is 0 Å². The normalized spacial score (nSPS) is 12.4. The van der Waals surface area contributed by atoms with E-state index in [0.29, 0.717) is 0 Å². The first-order valence-electron chi connectivity index (χ1n) is 5.43. The number of ether oxygens (including phenoxy) is 2. The van der Waals surface area contributed by atoms with Gasteiger partial charge in [-0.25, -0.2) is 0 Å². The summed E-state index contributed by atoms with van der Waals surface area (Å²) in [5.74, 6) is -13.3. The van der Waals surface area contributed by atoms with Crippen LogP contribution in [0.5, 0.6) is 0 Å². The van der Waals surface area contributed by atoms with Crippen molar-refractivity contribution >= 4 is 11.9 Å².